The summed E-state index contributed by atoms with van der Waals surface area (Å²) in [6, 6.07) is 0. The SMILES string of the molecule is CC(C)(CCC(=O)O)NC(=O)C(C(F)(F)F)C(F)(F)F. The van der Waals surface area contributed by atoms with E-state index in [2.05, 4.69) is 0 Å². The van der Waals surface area contributed by atoms with Gasteiger partial charge in [0.05, 0.1) is 0 Å². The average Bonchev–Trinajstić information content (AvgIpc) is 2.08. The third-order valence-corrected chi connectivity index (χ3v) is 2.34. The van der Waals surface area contributed by atoms with Gasteiger partial charge in [-0.1, -0.05) is 0 Å². The summed E-state index contributed by atoms with van der Waals surface area (Å²) in [5.41, 5.74) is -1.51. The zero-order valence-corrected chi connectivity index (χ0v) is 10.5. The van der Waals surface area contributed by atoms with Crippen LogP contribution >= 0.6 is 0 Å². The summed E-state index contributed by atoms with van der Waals surface area (Å²) < 4.78 is 73.7. The fourth-order valence-corrected chi connectivity index (χ4v) is 1.37. The number of carboxylic acid groups (broad SMARTS) is 1. The highest BCUT2D eigenvalue weighted by molar-refractivity contribution is 5.81. The molecule has 0 heterocycles. The first-order valence-corrected chi connectivity index (χ1v) is 5.34. The Balaban J connectivity index is 4.99. The van der Waals surface area contributed by atoms with Crippen LogP contribution in [0, 0.1) is 5.92 Å². The molecule has 0 fully saturated rings. The largest absolute Gasteiger partial charge is 0.481 e. The van der Waals surface area contributed by atoms with Crippen molar-refractivity contribution in [2.24, 2.45) is 5.92 Å². The quantitative estimate of drug-likeness (QED) is 0.767. The number of amides is 1. The Bertz CT molecular complexity index is 360. The molecule has 0 unspecified atom stereocenters. The highest BCUT2D eigenvalue weighted by Crippen LogP contribution is 2.39. The van der Waals surface area contributed by atoms with E-state index in [1.165, 1.54) is 0 Å². The number of carbonyl (C=O) groups is 2. The topological polar surface area (TPSA) is 66.4 Å². The predicted octanol–water partition coefficient (Wildman–Crippen LogP) is 2.49. The van der Waals surface area contributed by atoms with Gasteiger partial charge in [-0.2, -0.15) is 26.3 Å². The molecule has 0 saturated carbocycles. The molecular weight excluding hydrogens is 296 g/mol. The monoisotopic (exact) mass is 309 g/mol. The average molecular weight is 309 g/mol. The number of hydrogen-bond donors (Lipinski definition) is 2. The van der Waals surface area contributed by atoms with Crippen LogP contribution in [0.25, 0.3) is 0 Å². The number of alkyl halides is 6. The lowest BCUT2D eigenvalue weighted by Gasteiger charge is -2.29. The summed E-state index contributed by atoms with van der Waals surface area (Å²) in [6.45, 7) is 2.27. The third-order valence-electron chi connectivity index (χ3n) is 2.34. The minimum atomic E-state index is -5.77. The smallest absolute Gasteiger partial charge is 0.409 e. The Hall–Kier alpha value is -1.48. The maximum Gasteiger partial charge on any atom is 0.409 e. The number of nitrogens with one attached hydrogen (secondary N) is 1. The molecule has 0 rings (SSSR count). The van der Waals surface area contributed by atoms with Gasteiger partial charge < -0.3 is 10.4 Å². The van der Waals surface area contributed by atoms with E-state index in [-0.39, 0.29) is 6.42 Å². The Morgan fingerprint density at radius 1 is 1.05 bits per heavy atom. The van der Waals surface area contributed by atoms with Crippen LogP contribution in [0.5, 0.6) is 0 Å². The second-order valence-electron chi connectivity index (χ2n) is 4.78. The van der Waals surface area contributed by atoms with E-state index >= 15 is 0 Å². The minimum Gasteiger partial charge on any atom is -0.481 e. The first-order valence-electron chi connectivity index (χ1n) is 5.34. The van der Waals surface area contributed by atoms with Crippen molar-refractivity contribution in [1.29, 1.82) is 0 Å². The van der Waals surface area contributed by atoms with Crippen LogP contribution in [0.15, 0.2) is 0 Å². The van der Waals surface area contributed by atoms with E-state index in [0.29, 0.717) is 0 Å². The van der Waals surface area contributed by atoms with Crippen LogP contribution in [-0.4, -0.2) is 34.9 Å². The van der Waals surface area contributed by atoms with Crippen LogP contribution in [-0.2, 0) is 9.59 Å². The first kappa shape index (κ1) is 18.5. The lowest BCUT2D eigenvalue weighted by Crippen LogP contribution is -2.53. The van der Waals surface area contributed by atoms with E-state index < -0.39 is 42.1 Å². The number of rotatable bonds is 5. The molecule has 2 N–H and O–H groups in total. The van der Waals surface area contributed by atoms with Crippen molar-refractivity contribution >= 4 is 11.9 Å². The molecule has 0 aliphatic heterocycles. The molecule has 20 heavy (non-hydrogen) atoms. The molecule has 0 atom stereocenters. The van der Waals surface area contributed by atoms with Gasteiger partial charge in [-0.3, -0.25) is 9.59 Å². The zero-order valence-electron chi connectivity index (χ0n) is 10.5. The van der Waals surface area contributed by atoms with Crippen molar-refractivity contribution in [3.63, 3.8) is 0 Å². The normalized spacial score (nSPS) is 13.4. The van der Waals surface area contributed by atoms with E-state index in [1.807, 2.05) is 0 Å². The van der Waals surface area contributed by atoms with Crippen molar-refractivity contribution in [2.45, 2.75) is 44.6 Å². The third kappa shape index (κ3) is 6.11. The molecule has 10 heteroatoms. The van der Waals surface area contributed by atoms with Gasteiger partial charge >= 0.3 is 18.3 Å². The van der Waals surface area contributed by atoms with Gasteiger partial charge in [0.15, 0.2) is 0 Å². The number of carboxylic acids is 1. The highest BCUT2D eigenvalue weighted by atomic mass is 19.4. The number of hydrogen-bond acceptors (Lipinski definition) is 2. The molecular formula is C10H13F6NO3. The van der Waals surface area contributed by atoms with E-state index in [9.17, 15) is 35.9 Å². The Labute approximate surface area is 110 Å². The standard InChI is InChI=1S/C10H13F6NO3/c1-8(2,4-3-5(18)19)17-7(20)6(9(11,12)13)10(14,15)16/h6H,3-4H2,1-2H3,(H,17,20)(H,18,19). The number of aliphatic carboxylic acids is 1. The van der Waals surface area contributed by atoms with Gasteiger partial charge in [0.25, 0.3) is 0 Å². The van der Waals surface area contributed by atoms with Gasteiger partial charge in [0.1, 0.15) is 0 Å². The molecule has 0 radical (unpaired) electrons. The van der Waals surface area contributed by atoms with Crippen molar-refractivity contribution in [3.8, 4) is 0 Å². The summed E-state index contributed by atoms with van der Waals surface area (Å²) in [4.78, 5) is 21.5. The van der Waals surface area contributed by atoms with E-state index in [0.717, 1.165) is 13.8 Å². The van der Waals surface area contributed by atoms with Crippen molar-refractivity contribution in [3.05, 3.63) is 0 Å². The van der Waals surface area contributed by atoms with Crippen LogP contribution < -0.4 is 5.32 Å². The van der Waals surface area contributed by atoms with Crippen LogP contribution in [0.3, 0.4) is 0 Å². The number of carbonyl (C=O) groups excluding carboxylic acids is 1. The van der Waals surface area contributed by atoms with E-state index in [4.69, 9.17) is 5.11 Å². The highest BCUT2D eigenvalue weighted by Gasteiger charge is 2.61. The van der Waals surface area contributed by atoms with Gasteiger partial charge in [-0.05, 0) is 20.3 Å². The second-order valence-corrected chi connectivity index (χ2v) is 4.78. The fourth-order valence-electron chi connectivity index (χ4n) is 1.37. The van der Waals surface area contributed by atoms with E-state index in [1.54, 1.807) is 5.32 Å². The lowest BCUT2D eigenvalue weighted by atomic mass is 9.96. The van der Waals surface area contributed by atoms with Gasteiger partial charge in [0.2, 0.25) is 11.8 Å². The molecule has 0 aromatic rings. The Morgan fingerprint density at radius 3 is 1.75 bits per heavy atom. The second kappa shape index (κ2) is 5.88. The molecule has 0 aromatic carbocycles. The van der Waals surface area contributed by atoms with Crippen molar-refractivity contribution < 1.29 is 41.0 Å². The van der Waals surface area contributed by atoms with Crippen molar-refractivity contribution in [2.75, 3.05) is 0 Å². The Morgan fingerprint density at radius 2 is 1.45 bits per heavy atom. The first-order chi connectivity index (χ1) is 8.67. The predicted molar refractivity (Wildman–Crippen MR) is 54.7 cm³/mol. The molecule has 1 amide bonds. The van der Waals surface area contributed by atoms with Gasteiger partial charge in [0, 0.05) is 12.0 Å². The van der Waals surface area contributed by atoms with Crippen LogP contribution in [0.4, 0.5) is 26.3 Å². The maximum absolute atomic E-state index is 12.3. The molecule has 118 valence electrons. The van der Waals surface area contributed by atoms with Gasteiger partial charge in [-0.15, -0.1) is 0 Å². The summed E-state index contributed by atoms with van der Waals surface area (Å²) in [5.74, 6) is -7.67. The molecule has 0 saturated heterocycles. The molecule has 4 nitrogen and oxygen atoms in total. The lowest BCUT2D eigenvalue weighted by molar-refractivity contribution is -0.274. The van der Waals surface area contributed by atoms with Crippen LogP contribution in [0.1, 0.15) is 26.7 Å². The maximum atomic E-state index is 12.3. The summed E-state index contributed by atoms with van der Waals surface area (Å²) in [6.07, 6.45) is -12.4. The van der Waals surface area contributed by atoms with Crippen molar-refractivity contribution in [1.82, 2.24) is 5.32 Å². The Kier molecular flexibility index (Phi) is 5.44. The van der Waals surface area contributed by atoms with Crippen LogP contribution in [0.2, 0.25) is 0 Å². The summed E-state index contributed by atoms with van der Waals surface area (Å²) in [7, 11) is 0. The molecule has 0 spiro atoms. The summed E-state index contributed by atoms with van der Waals surface area (Å²) in [5, 5.41) is 9.99. The molecule has 0 aromatic heterocycles. The summed E-state index contributed by atoms with van der Waals surface area (Å²) >= 11 is 0. The molecule has 0 bridgehead atoms. The fraction of sp³-hybridized carbons (Fsp3) is 0.800. The number of halogens is 6. The molecule has 0 aliphatic carbocycles. The van der Waals surface area contributed by atoms with Gasteiger partial charge in [-0.25, -0.2) is 0 Å². The zero-order chi connectivity index (χ0) is 16.4. The molecule has 0 aliphatic rings. The minimum absolute atomic E-state index is 0.309.